The van der Waals surface area contributed by atoms with Crippen LogP contribution < -0.4 is 10.2 Å². The third-order valence-corrected chi connectivity index (χ3v) is 4.42. The Bertz CT molecular complexity index is 448. The topological polar surface area (TPSA) is 35.6 Å². The lowest BCUT2D eigenvalue weighted by molar-refractivity contribution is -0.116. The van der Waals surface area contributed by atoms with Gasteiger partial charge < -0.3 is 15.1 Å². The molecule has 1 saturated heterocycles. The van der Waals surface area contributed by atoms with Crippen LogP contribution in [0.3, 0.4) is 0 Å². The van der Waals surface area contributed by atoms with Crippen LogP contribution in [0.15, 0.2) is 24.3 Å². The average molecular weight is 303 g/mol. The molecule has 0 aliphatic carbocycles. The zero-order valence-corrected chi connectivity index (χ0v) is 14.0. The van der Waals surface area contributed by atoms with Crippen molar-refractivity contribution in [1.29, 1.82) is 0 Å². The molecule has 1 heterocycles. The fraction of sp³-hybridized carbons (Fsp3) is 0.611. The van der Waals surface area contributed by atoms with Crippen molar-refractivity contribution in [2.75, 3.05) is 42.9 Å². The first-order chi connectivity index (χ1) is 10.7. The third kappa shape index (κ3) is 5.02. The Hall–Kier alpha value is -1.55. The monoisotopic (exact) mass is 303 g/mol. The molecule has 1 aliphatic heterocycles. The van der Waals surface area contributed by atoms with Gasteiger partial charge in [-0.15, -0.1) is 0 Å². The zero-order valence-electron chi connectivity index (χ0n) is 14.0. The summed E-state index contributed by atoms with van der Waals surface area (Å²) in [6.07, 6.45) is 4.46. The molecule has 0 spiro atoms. The molecular formula is C18H29N3O. The minimum absolute atomic E-state index is 0.0950. The summed E-state index contributed by atoms with van der Waals surface area (Å²) >= 11 is 0. The summed E-state index contributed by atoms with van der Waals surface area (Å²) in [5.74, 6) is 0.0950. The Morgan fingerprint density at radius 1 is 1.09 bits per heavy atom. The number of hydrogen-bond acceptors (Lipinski definition) is 3. The lowest BCUT2D eigenvalue weighted by atomic mass is 10.1. The van der Waals surface area contributed by atoms with Gasteiger partial charge in [-0.25, -0.2) is 0 Å². The van der Waals surface area contributed by atoms with Gasteiger partial charge in [0.2, 0.25) is 5.91 Å². The number of piperidine rings is 1. The maximum atomic E-state index is 12.0. The molecular weight excluding hydrogens is 274 g/mol. The van der Waals surface area contributed by atoms with Crippen LogP contribution in [0.2, 0.25) is 0 Å². The Morgan fingerprint density at radius 3 is 2.32 bits per heavy atom. The van der Waals surface area contributed by atoms with E-state index >= 15 is 0 Å². The second-order valence-corrected chi connectivity index (χ2v) is 5.92. The second kappa shape index (κ2) is 8.79. The lowest BCUT2D eigenvalue weighted by Gasteiger charge is -2.28. The molecule has 122 valence electrons. The Balaban J connectivity index is 1.81. The van der Waals surface area contributed by atoms with Crippen molar-refractivity contribution in [3.05, 3.63) is 24.3 Å². The van der Waals surface area contributed by atoms with Gasteiger partial charge >= 0.3 is 0 Å². The van der Waals surface area contributed by atoms with Gasteiger partial charge in [0.15, 0.2) is 0 Å². The Labute approximate surface area is 134 Å². The smallest absolute Gasteiger partial charge is 0.225 e. The first-order valence-corrected chi connectivity index (χ1v) is 8.60. The molecule has 0 unspecified atom stereocenters. The number of rotatable bonds is 7. The minimum atomic E-state index is 0.0950. The molecule has 0 bridgehead atoms. The van der Waals surface area contributed by atoms with Crippen LogP contribution in [0, 0.1) is 0 Å². The van der Waals surface area contributed by atoms with E-state index in [2.05, 4.69) is 41.1 Å². The quantitative estimate of drug-likeness (QED) is 0.839. The van der Waals surface area contributed by atoms with E-state index < -0.39 is 0 Å². The second-order valence-electron chi connectivity index (χ2n) is 5.92. The molecule has 0 aromatic heterocycles. The summed E-state index contributed by atoms with van der Waals surface area (Å²) in [6, 6.07) is 8.26. The summed E-state index contributed by atoms with van der Waals surface area (Å²) in [4.78, 5) is 16.7. The number of carbonyl (C=O) groups is 1. The molecule has 1 amide bonds. The lowest BCUT2D eigenvalue weighted by Crippen LogP contribution is -2.29. The predicted molar refractivity (Wildman–Crippen MR) is 93.5 cm³/mol. The maximum absolute atomic E-state index is 12.0. The van der Waals surface area contributed by atoms with Crippen LogP contribution >= 0.6 is 0 Å². The van der Waals surface area contributed by atoms with Crippen molar-refractivity contribution in [1.82, 2.24) is 4.90 Å². The van der Waals surface area contributed by atoms with E-state index in [0.717, 1.165) is 38.4 Å². The van der Waals surface area contributed by atoms with Gasteiger partial charge in [0.05, 0.1) is 0 Å². The minimum Gasteiger partial charge on any atom is -0.372 e. The first kappa shape index (κ1) is 16.8. The summed E-state index contributed by atoms with van der Waals surface area (Å²) in [7, 11) is 0. The molecule has 4 heteroatoms. The van der Waals surface area contributed by atoms with Gasteiger partial charge in [-0.2, -0.15) is 0 Å². The van der Waals surface area contributed by atoms with Gasteiger partial charge in [0, 0.05) is 37.4 Å². The van der Waals surface area contributed by atoms with E-state index in [1.807, 2.05) is 12.1 Å². The molecule has 1 aliphatic rings. The van der Waals surface area contributed by atoms with Crippen LogP contribution in [0.25, 0.3) is 0 Å². The predicted octanol–water partition coefficient (Wildman–Crippen LogP) is 3.35. The van der Waals surface area contributed by atoms with Crippen LogP contribution in [0.1, 0.15) is 39.5 Å². The van der Waals surface area contributed by atoms with Crippen molar-refractivity contribution in [3.63, 3.8) is 0 Å². The van der Waals surface area contributed by atoms with E-state index in [-0.39, 0.29) is 5.91 Å². The highest BCUT2D eigenvalue weighted by atomic mass is 16.1. The standard InChI is InChI=1S/C18H29N3O/c1-3-20(4-2)15-12-18(22)19-16-8-10-17(11-9-16)21-13-6-5-7-14-21/h8-11H,3-7,12-15H2,1-2H3,(H,19,22). The molecule has 0 atom stereocenters. The van der Waals surface area contributed by atoms with Crippen LogP contribution in [-0.4, -0.2) is 43.5 Å². The molecule has 1 fully saturated rings. The van der Waals surface area contributed by atoms with Crippen molar-refractivity contribution in [3.8, 4) is 0 Å². The summed E-state index contributed by atoms with van der Waals surface area (Å²) in [6.45, 7) is 9.36. The summed E-state index contributed by atoms with van der Waals surface area (Å²) < 4.78 is 0. The SMILES string of the molecule is CCN(CC)CCC(=O)Nc1ccc(N2CCCCC2)cc1. The van der Waals surface area contributed by atoms with Crippen molar-refractivity contribution in [2.24, 2.45) is 0 Å². The molecule has 4 nitrogen and oxygen atoms in total. The zero-order chi connectivity index (χ0) is 15.8. The van der Waals surface area contributed by atoms with Gasteiger partial charge in [0.25, 0.3) is 0 Å². The fourth-order valence-corrected chi connectivity index (χ4v) is 2.93. The summed E-state index contributed by atoms with van der Waals surface area (Å²) in [5, 5.41) is 2.99. The highest BCUT2D eigenvalue weighted by Gasteiger charge is 2.11. The highest BCUT2D eigenvalue weighted by molar-refractivity contribution is 5.91. The largest absolute Gasteiger partial charge is 0.372 e. The number of hydrogen-bond donors (Lipinski definition) is 1. The fourth-order valence-electron chi connectivity index (χ4n) is 2.93. The van der Waals surface area contributed by atoms with Crippen molar-refractivity contribution >= 4 is 17.3 Å². The first-order valence-electron chi connectivity index (χ1n) is 8.60. The van der Waals surface area contributed by atoms with Crippen LogP contribution in [-0.2, 0) is 4.79 Å². The number of anilines is 2. The van der Waals surface area contributed by atoms with Gasteiger partial charge in [-0.05, 0) is 56.6 Å². The molecule has 1 aromatic rings. The maximum Gasteiger partial charge on any atom is 0.225 e. The number of nitrogens with one attached hydrogen (secondary N) is 1. The van der Waals surface area contributed by atoms with Crippen LogP contribution in [0.5, 0.6) is 0 Å². The Morgan fingerprint density at radius 2 is 1.73 bits per heavy atom. The molecule has 0 radical (unpaired) electrons. The number of nitrogens with zero attached hydrogens (tertiary/aromatic N) is 2. The van der Waals surface area contributed by atoms with Crippen molar-refractivity contribution in [2.45, 2.75) is 39.5 Å². The number of benzene rings is 1. The highest BCUT2D eigenvalue weighted by Crippen LogP contribution is 2.21. The third-order valence-electron chi connectivity index (χ3n) is 4.42. The normalized spacial score (nSPS) is 15.1. The van der Waals surface area contributed by atoms with E-state index in [1.165, 1.54) is 24.9 Å². The average Bonchev–Trinajstić information content (AvgIpc) is 2.57. The molecule has 22 heavy (non-hydrogen) atoms. The van der Waals surface area contributed by atoms with Gasteiger partial charge in [-0.1, -0.05) is 13.8 Å². The molecule has 0 saturated carbocycles. The van der Waals surface area contributed by atoms with E-state index in [0.29, 0.717) is 6.42 Å². The number of amides is 1. The van der Waals surface area contributed by atoms with Gasteiger partial charge in [-0.3, -0.25) is 4.79 Å². The number of carbonyl (C=O) groups excluding carboxylic acids is 1. The molecule has 1 N–H and O–H groups in total. The van der Waals surface area contributed by atoms with E-state index in [4.69, 9.17) is 0 Å². The Kier molecular flexibility index (Phi) is 6.72. The van der Waals surface area contributed by atoms with Gasteiger partial charge in [0.1, 0.15) is 0 Å². The van der Waals surface area contributed by atoms with E-state index in [1.54, 1.807) is 0 Å². The van der Waals surface area contributed by atoms with Crippen LogP contribution in [0.4, 0.5) is 11.4 Å². The summed E-state index contributed by atoms with van der Waals surface area (Å²) in [5.41, 5.74) is 2.16. The van der Waals surface area contributed by atoms with Crippen molar-refractivity contribution < 1.29 is 4.79 Å². The van der Waals surface area contributed by atoms with E-state index in [9.17, 15) is 4.79 Å². The molecule has 1 aromatic carbocycles. The molecule has 2 rings (SSSR count).